The van der Waals surface area contributed by atoms with Gasteiger partial charge in [0.2, 0.25) is 0 Å². The van der Waals surface area contributed by atoms with Crippen LogP contribution in [0.2, 0.25) is 0 Å². The quantitative estimate of drug-likeness (QED) is 0.370. The third kappa shape index (κ3) is 3.94. The van der Waals surface area contributed by atoms with Crippen molar-refractivity contribution in [3.63, 3.8) is 0 Å². The number of ether oxygens (including phenoxy) is 3. The van der Waals surface area contributed by atoms with Gasteiger partial charge in [0, 0.05) is 34.4 Å². The fourth-order valence-corrected chi connectivity index (χ4v) is 4.07. The topological polar surface area (TPSA) is 56.7 Å². The van der Waals surface area contributed by atoms with E-state index in [1.807, 2.05) is 42.5 Å². The van der Waals surface area contributed by atoms with Gasteiger partial charge in [-0.2, -0.15) is 0 Å². The SMILES string of the molecule is COCC1COc2cc3ncnc(N(c4ccccc4)c4cccc(Br)c4)c3cc2O1. The van der Waals surface area contributed by atoms with Crippen molar-refractivity contribution in [2.24, 2.45) is 0 Å². The highest BCUT2D eigenvalue weighted by molar-refractivity contribution is 9.10. The summed E-state index contributed by atoms with van der Waals surface area (Å²) in [6.45, 7) is 0.905. The Kier molecular flexibility index (Phi) is 5.44. The van der Waals surface area contributed by atoms with Crippen molar-refractivity contribution in [2.75, 3.05) is 25.2 Å². The van der Waals surface area contributed by atoms with Gasteiger partial charge < -0.3 is 14.2 Å². The minimum absolute atomic E-state index is 0.154. The first kappa shape index (κ1) is 19.8. The lowest BCUT2D eigenvalue weighted by Crippen LogP contribution is -2.33. The number of fused-ring (bicyclic) bond motifs is 2. The number of para-hydroxylation sites is 1. The number of aromatic nitrogens is 2. The monoisotopic (exact) mass is 477 g/mol. The highest BCUT2D eigenvalue weighted by Gasteiger charge is 2.24. The number of halogens is 1. The maximum Gasteiger partial charge on any atom is 0.163 e. The van der Waals surface area contributed by atoms with Crippen LogP contribution in [-0.4, -0.2) is 36.4 Å². The van der Waals surface area contributed by atoms with Crippen LogP contribution in [0.15, 0.2) is 77.5 Å². The summed E-state index contributed by atoms with van der Waals surface area (Å²) in [6, 6.07) is 22.1. The van der Waals surface area contributed by atoms with Gasteiger partial charge in [-0.25, -0.2) is 9.97 Å². The molecule has 5 rings (SSSR count). The first-order valence-corrected chi connectivity index (χ1v) is 10.7. The summed E-state index contributed by atoms with van der Waals surface area (Å²) >= 11 is 3.59. The van der Waals surface area contributed by atoms with Gasteiger partial charge in [0.1, 0.15) is 18.8 Å². The predicted octanol–water partition coefficient (Wildman–Crippen LogP) is 5.65. The first-order chi connectivity index (χ1) is 15.2. The highest BCUT2D eigenvalue weighted by atomic mass is 79.9. The molecule has 31 heavy (non-hydrogen) atoms. The van der Waals surface area contributed by atoms with Gasteiger partial charge in [0.25, 0.3) is 0 Å². The molecule has 1 aliphatic rings. The van der Waals surface area contributed by atoms with Gasteiger partial charge in [0.15, 0.2) is 17.6 Å². The zero-order valence-corrected chi connectivity index (χ0v) is 18.5. The van der Waals surface area contributed by atoms with E-state index in [9.17, 15) is 0 Å². The van der Waals surface area contributed by atoms with Crippen LogP contribution in [0.1, 0.15) is 0 Å². The summed E-state index contributed by atoms with van der Waals surface area (Å²) in [4.78, 5) is 11.3. The van der Waals surface area contributed by atoms with E-state index in [-0.39, 0.29) is 6.10 Å². The molecule has 0 radical (unpaired) electrons. The molecule has 0 spiro atoms. The standard InChI is InChI=1S/C24H20BrN3O3/c1-29-13-19-14-30-22-12-21-20(11-23(22)31-19)24(27-15-26-21)28(17-7-3-2-4-8-17)18-9-5-6-16(25)10-18/h2-12,15,19H,13-14H2,1H3. The number of anilines is 3. The molecule has 1 unspecified atom stereocenters. The predicted molar refractivity (Wildman–Crippen MR) is 124 cm³/mol. The molecular weight excluding hydrogens is 458 g/mol. The zero-order chi connectivity index (χ0) is 21.2. The molecule has 0 bridgehead atoms. The Morgan fingerprint density at radius 2 is 1.84 bits per heavy atom. The summed E-state index contributed by atoms with van der Waals surface area (Å²) in [5, 5.41) is 0.867. The van der Waals surface area contributed by atoms with Crippen molar-refractivity contribution >= 4 is 44.0 Å². The summed E-state index contributed by atoms with van der Waals surface area (Å²) in [7, 11) is 1.65. The van der Waals surface area contributed by atoms with Gasteiger partial charge in [-0.15, -0.1) is 0 Å². The van der Waals surface area contributed by atoms with Gasteiger partial charge in [-0.3, -0.25) is 4.90 Å². The number of rotatable bonds is 5. The molecule has 1 aliphatic heterocycles. The minimum Gasteiger partial charge on any atom is -0.486 e. The molecule has 7 heteroatoms. The van der Waals surface area contributed by atoms with Gasteiger partial charge in [-0.05, 0) is 36.4 Å². The third-order valence-corrected chi connectivity index (χ3v) is 5.54. The second-order valence-electron chi connectivity index (χ2n) is 7.17. The Morgan fingerprint density at radius 1 is 1.00 bits per heavy atom. The van der Waals surface area contributed by atoms with E-state index in [4.69, 9.17) is 14.2 Å². The molecule has 3 aromatic carbocycles. The summed E-state index contributed by atoms with van der Waals surface area (Å²) in [6.07, 6.45) is 1.42. The second kappa shape index (κ2) is 8.53. The first-order valence-electron chi connectivity index (χ1n) is 9.91. The van der Waals surface area contributed by atoms with Crippen LogP contribution >= 0.6 is 15.9 Å². The van der Waals surface area contributed by atoms with Crippen molar-refractivity contribution in [3.8, 4) is 11.5 Å². The lowest BCUT2D eigenvalue weighted by molar-refractivity contribution is 0.0274. The van der Waals surface area contributed by atoms with Crippen LogP contribution in [0.25, 0.3) is 10.9 Å². The van der Waals surface area contributed by atoms with Gasteiger partial charge in [-0.1, -0.05) is 40.2 Å². The van der Waals surface area contributed by atoms with E-state index in [1.165, 1.54) is 0 Å². The largest absolute Gasteiger partial charge is 0.486 e. The number of nitrogens with zero attached hydrogens (tertiary/aromatic N) is 3. The molecule has 2 heterocycles. The number of benzene rings is 3. The Hall–Kier alpha value is -3.16. The van der Waals surface area contributed by atoms with Crippen LogP contribution in [0, 0.1) is 0 Å². The van der Waals surface area contributed by atoms with Crippen molar-refractivity contribution in [3.05, 3.63) is 77.5 Å². The molecule has 0 saturated carbocycles. The van der Waals surface area contributed by atoms with E-state index in [0.717, 1.165) is 32.6 Å². The third-order valence-electron chi connectivity index (χ3n) is 5.04. The van der Waals surface area contributed by atoms with Crippen LogP contribution in [0.3, 0.4) is 0 Å². The van der Waals surface area contributed by atoms with Gasteiger partial charge in [0.05, 0.1) is 12.1 Å². The molecule has 0 fully saturated rings. The lowest BCUT2D eigenvalue weighted by atomic mass is 10.1. The van der Waals surface area contributed by atoms with Crippen LogP contribution < -0.4 is 14.4 Å². The maximum absolute atomic E-state index is 6.11. The molecule has 0 saturated heterocycles. The molecule has 0 aliphatic carbocycles. The summed E-state index contributed by atoms with van der Waals surface area (Å²) in [5.74, 6) is 2.10. The maximum atomic E-state index is 6.11. The molecule has 156 valence electrons. The molecule has 0 N–H and O–H groups in total. The fourth-order valence-electron chi connectivity index (χ4n) is 3.68. The van der Waals surface area contributed by atoms with E-state index >= 15 is 0 Å². The summed E-state index contributed by atoms with van der Waals surface area (Å²) in [5.41, 5.74) is 2.76. The minimum atomic E-state index is -0.154. The average molecular weight is 478 g/mol. The normalized spacial score (nSPS) is 15.1. The Morgan fingerprint density at radius 3 is 2.65 bits per heavy atom. The van der Waals surface area contributed by atoms with E-state index in [1.54, 1.807) is 13.4 Å². The molecule has 0 amide bonds. The van der Waals surface area contributed by atoms with Crippen LogP contribution in [0.4, 0.5) is 17.2 Å². The average Bonchev–Trinajstić information content (AvgIpc) is 2.79. The van der Waals surface area contributed by atoms with Gasteiger partial charge >= 0.3 is 0 Å². The van der Waals surface area contributed by atoms with E-state index < -0.39 is 0 Å². The van der Waals surface area contributed by atoms with Crippen LogP contribution in [0.5, 0.6) is 11.5 Å². The fraction of sp³-hybridized carbons (Fsp3) is 0.167. The van der Waals surface area contributed by atoms with Crippen molar-refractivity contribution in [1.82, 2.24) is 9.97 Å². The second-order valence-corrected chi connectivity index (χ2v) is 8.09. The number of hydrogen-bond donors (Lipinski definition) is 0. The molecule has 6 nitrogen and oxygen atoms in total. The number of methoxy groups -OCH3 is 1. The Bertz CT molecular complexity index is 1220. The molecular formula is C24H20BrN3O3. The smallest absolute Gasteiger partial charge is 0.163 e. The van der Waals surface area contributed by atoms with Crippen molar-refractivity contribution in [2.45, 2.75) is 6.10 Å². The Labute approximate surface area is 188 Å². The highest BCUT2D eigenvalue weighted by Crippen LogP contribution is 2.42. The number of hydrogen-bond acceptors (Lipinski definition) is 6. The van der Waals surface area contributed by atoms with Crippen molar-refractivity contribution in [1.29, 1.82) is 0 Å². The van der Waals surface area contributed by atoms with Crippen molar-refractivity contribution < 1.29 is 14.2 Å². The van der Waals surface area contributed by atoms with Crippen LogP contribution in [-0.2, 0) is 4.74 Å². The van der Waals surface area contributed by atoms with E-state index in [2.05, 4.69) is 55.1 Å². The molecule has 1 aromatic heterocycles. The molecule has 1 atom stereocenters. The zero-order valence-electron chi connectivity index (χ0n) is 16.9. The molecule has 4 aromatic rings. The summed E-state index contributed by atoms with van der Waals surface area (Å²) < 4.78 is 18.2. The Balaban J connectivity index is 1.68. The van der Waals surface area contributed by atoms with E-state index in [0.29, 0.717) is 24.7 Å². The lowest BCUT2D eigenvalue weighted by Gasteiger charge is -2.28.